The number of aliphatic carboxylic acids is 1. The van der Waals surface area contributed by atoms with E-state index in [9.17, 15) is 9.59 Å². The molecule has 23 heavy (non-hydrogen) atoms. The summed E-state index contributed by atoms with van der Waals surface area (Å²) in [6.07, 6.45) is 3.79. The summed E-state index contributed by atoms with van der Waals surface area (Å²) in [4.78, 5) is 22.4. The van der Waals surface area contributed by atoms with Crippen LogP contribution in [0.4, 0.5) is 0 Å². The molecule has 1 aromatic carbocycles. The molecule has 0 aromatic heterocycles. The average Bonchev–Trinajstić information content (AvgIpc) is 2.95. The Hall–Kier alpha value is -2.08. The van der Waals surface area contributed by atoms with Crippen molar-refractivity contribution in [2.24, 2.45) is 0 Å². The van der Waals surface area contributed by atoms with E-state index >= 15 is 0 Å². The fourth-order valence-electron chi connectivity index (χ4n) is 2.57. The summed E-state index contributed by atoms with van der Waals surface area (Å²) in [6.45, 7) is 2.07. The van der Waals surface area contributed by atoms with Crippen molar-refractivity contribution in [3.05, 3.63) is 29.8 Å². The maximum absolute atomic E-state index is 11.9. The minimum absolute atomic E-state index is 0.00925. The Morgan fingerprint density at radius 1 is 1.39 bits per heavy atom. The van der Waals surface area contributed by atoms with Crippen LogP contribution in [0.2, 0.25) is 0 Å². The maximum Gasteiger partial charge on any atom is 0.341 e. The highest BCUT2D eigenvalue weighted by Gasteiger charge is 2.22. The lowest BCUT2D eigenvalue weighted by Crippen LogP contribution is -2.24. The second-order valence-electron chi connectivity index (χ2n) is 5.79. The third-order valence-corrected chi connectivity index (χ3v) is 3.76. The van der Waals surface area contributed by atoms with Gasteiger partial charge in [0.15, 0.2) is 6.61 Å². The Balaban J connectivity index is 1.71. The quantitative estimate of drug-likeness (QED) is 0.766. The number of hydrogen-bond donors (Lipinski definition) is 2. The Kier molecular flexibility index (Phi) is 6.40. The first-order valence-corrected chi connectivity index (χ1v) is 7.88. The van der Waals surface area contributed by atoms with Crippen LogP contribution >= 0.6 is 0 Å². The molecular formula is C17H23NO5. The summed E-state index contributed by atoms with van der Waals surface area (Å²) in [5.74, 6) is -0.551. The van der Waals surface area contributed by atoms with Crippen LogP contribution in [-0.2, 0) is 20.9 Å². The van der Waals surface area contributed by atoms with Crippen LogP contribution in [0.15, 0.2) is 24.3 Å². The highest BCUT2D eigenvalue weighted by atomic mass is 16.5. The second kappa shape index (κ2) is 8.53. The van der Waals surface area contributed by atoms with Crippen molar-refractivity contribution < 1.29 is 24.2 Å². The molecule has 0 bridgehead atoms. The van der Waals surface area contributed by atoms with E-state index in [1.807, 2.05) is 6.07 Å². The number of carboxylic acid groups (broad SMARTS) is 1. The summed E-state index contributed by atoms with van der Waals surface area (Å²) in [7, 11) is 0. The number of ether oxygens (including phenoxy) is 2. The van der Waals surface area contributed by atoms with Crippen molar-refractivity contribution in [3.8, 4) is 5.75 Å². The van der Waals surface area contributed by atoms with Crippen molar-refractivity contribution in [2.75, 3.05) is 6.61 Å². The number of carbonyl (C=O) groups is 2. The van der Waals surface area contributed by atoms with Crippen molar-refractivity contribution >= 4 is 11.9 Å². The summed E-state index contributed by atoms with van der Waals surface area (Å²) >= 11 is 0. The highest BCUT2D eigenvalue weighted by molar-refractivity contribution is 5.75. The number of amides is 1. The number of benzene rings is 1. The zero-order valence-corrected chi connectivity index (χ0v) is 13.3. The number of nitrogens with one attached hydrogen (secondary N) is 1. The molecular weight excluding hydrogens is 298 g/mol. The molecule has 126 valence electrons. The van der Waals surface area contributed by atoms with Crippen LogP contribution in [-0.4, -0.2) is 35.8 Å². The molecule has 2 N–H and O–H groups in total. The van der Waals surface area contributed by atoms with Crippen LogP contribution < -0.4 is 10.1 Å². The van der Waals surface area contributed by atoms with Gasteiger partial charge in [-0.2, -0.15) is 0 Å². The summed E-state index contributed by atoms with van der Waals surface area (Å²) in [5.41, 5.74) is 0.868. The zero-order valence-electron chi connectivity index (χ0n) is 13.3. The van der Waals surface area contributed by atoms with E-state index in [-0.39, 0.29) is 18.6 Å². The van der Waals surface area contributed by atoms with E-state index < -0.39 is 5.97 Å². The molecule has 6 nitrogen and oxygen atoms in total. The van der Waals surface area contributed by atoms with Crippen molar-refractivity contribution in [2.45, 2.75) is 51.4 Å². The molecule has 1 saturated heterocycles. The molecule has 1 fully saturated rings. The van der Waals surface area contributed by atoms with Crippen LogP contribution in [0.3, 0.4) is 0 Å². The predicted molar refractivity (Wildman–Crippen MR) is 84.2 cm³/mol. The number of carbonyl (C=O) groups excluding carboxylic acids is 1. The number of rotatable bonds is 8. The Bertz CT molecular complexity index is 546. The largest absolute Gasteiger partial charge is 0.482 e. The molecule has 1 aliphatic heterocycles. The first-order chi connectivity index (χ1) is 11.0. The molecule has 0 unspecified atom stereocenters. The third kappa shape index (κ3) is 6.28. The van der Waals surface area contributed by atoms with Crippen LogP contribution in [0.5, 0.6) is 5.75 Å². The smallest absolute Gasteiger partial charge is 0.341 e. The molecule has 0 spiro atoms. The van der Waals surface area contributed by atoms with Gasteiger partial charge in [0, 0.05) is 13.0 Å². The lowest BCUT2D eigenvalue weighted by molar-refractivity contribution is -0.139. The van der Waals surface area contributed by atoms with Gasteiger partial charge in [0.25, 0.3) is 0 Å². The van der Waals surface area contributed by atoms with E-state index in [0.29, 0.717) is 24.8 Å². The van der Waals surface area contributed by atoms with Gasteiger partial charge in [0.1, 0.15) is 5.75 Å². The molecule has 0 aliphatic carbocycles. The average molecular weight is 321 g/mol. The molecule has 1 amide bonds. The first kappa shape index (κ1) is 17.3. The van der Waals surface area contributed by atoms with Gasteiger partial charge in [-0.25, -0.2) is 4.79 Å². The molecule has 1 aliphatic rings. The first-order valence-electron chi connectivity index (χ1n) is 7.88. The summed E-state index contributed by atoms with van der Waals surface area (Å²) in [6, 6.07) is 7.04. The SMILES string of the molecule is C[C@@H]1CC[C@@H](CCC(=O)NCc2cccc(OCC(=O)O)c2)O1. The predicted octanol–water partition coefficient (Wildman–Crippen LogP) is 2.11. The maximum atomic E-state index is 11.9. The van der Waals surface area contributed by atoms with Crippen LogP contribution in [0.1, 0.15) is 38.2 Å². The van der Waals surface area contributed by atoms with Crippen molar-refractivity contribution in [3.63, 3.8) is 0 Å². The summed E-state index contributed by atoms with van der Waals surface area (Å²) < 4.78 is 10.8. The number of hydrogen-bond acceptors (Lipinski definition) is 4. The van der Waals surface area contributed by atoms with Gasteiger partial charge in [-0.15, -0.1) is 0 Å². The Morgan fingerprint density at radius 2 is 2.22 bits per heavy atom. The molecule has 1 aromatic rings. The zero-order chi connectivity index (χ0) is 16.7. The Morgan fingerprint density at radius 3 is 2.91 bits per heavy atom. The van der Waals surface area contributed by atoms with Gasteiger partial charge in [0.2, 0.25) is 5.91 Å². The van der Waals surface area contributed by atoms with Crippen molar-refractivity contribution in [1.29, 1.82) is 0 Å². The van der Waals surface area contributed by atoms with Gasteiger partial charge in [-0.05, 0) is 43.9 Å². The Labute approximate surface area is 135 Å². The normalized spacial score (nSPS) is 20.2. The van der Waals surface area contributed by atoms with Gasteiger partial charge in [-0.1, -0.05) is 12.1 Å². The summed E-state index contributed by atoms with van der Waals surface area (Å²) in [5, 5.41) is 11.5. The molecule has 2 rings (SSSR count). The molecule has 2 atom stereocenters. The highest BCUT2D eigenvalue weighted by Crippen LogP contribution is 2.22. The number of carboxylic acids is 1. The molecule has 1 heterocycles. The molecule has 0 radical (unpaired) electrons. The lowest BCUT2D eigenvalue weighted by Gasteiger charge is -2.11. The van der Waals surface area contributed by atoms with Gasteiger partial charge >= 0.3 is 5.97 Å². The van der Waals surface area contributed by atoms with Crippen LogP contribution in [0.25, 0.3) is 0 Å². The minimum atomic E-state index is -1.02. The lowest BCUT2D eigenvalue weighted by atomic mass is 10.1. The topological polar surface area (TPSA) is 84.9 Å². The molecule has 6 heteroatoms. The standard InChI is InChI=1S/C17H23NO5/c1-12-5-6-14(23-12)7-8-16(19)18-10-13-3-2-4-15(9-13)22-11-17(20)21/h2-4,9,12,14H,5-8,10-11H2,1H3,(H,18,19)(H,20,21)/t12-,14+/m1/s1. The van der Waals surface area contributed by atoms with Crippen molar-refractivity contribution in [1.82, 2.24) is 5.32 Å². The van der Waals surface area contributed by atoms with Gasteiger partial charge in [-0.3, -0.25) is 4.79 Å². The van der Waals surface area contributed by atoms with Crippen LogP contribution in [0, 0.1) is 0 Å². The van der Waals surface area contributed by atoms with Gasteiger partial charge in [0.05, 0.1) is 12.2 Å². The van der Waals surface area contributed by atoms with Gasteiger partial charge < -0.3 is 19.9 Å². The van der Waals surface area contributed by atoms with E-state index in [0.717, 1.165) is 24.8 Å². The second-order valence-corrected chi connectivity index (χ2v) is 5.79. The van der Waals surface area contributed by atoms with E-state index in [1.165, 1.54) is 0 Å². The fourth-order valence-corrected chi connectivity index (χ4v) is 2.57. The minimum Gasteiger partial charge on any atom is -0.482 e. The van der Waals surface area contributed by atoms with E-state index in [2.05, 4.69) is 12.2 Å². The molecule has 0 saturated carbocycles. The van der Waals surface area contributed by atoms with E-state index in [1.54, 1.807) is 18.2 Å². The fraction of sp³-hybridized carbons (Fsp3) is 0.529. The monoisotopic (exact) mass is 321 g/mol. The third-order valence-electron chi connectivity index (χ3n) is 3.76. The van der Waals surface area contributed by atoms with E-state index in [4.69, 9.17) is 14.6 Å².